The maximum atomic E-state index is 11.6. The highest BCUT2D eigenvalue weighted by molar-refractivity contribution is 5.74. The molecule has 1 atom stereocenters. The Morgan fingerprint density at radius 1 is 1.39 bits per heavy atom. The van der Waals surface area contributed by atoms with E-state index in [1.165, 1.54) is 0 Å². The summed E-state index contributed by atoms with van der Waals surface area (Å²) < 4.78 is 5.12. The van der Waals surface area contributed by atoms with Gasteiger partial charge in [-0.25, -0.2) is 4.79 Å². The van der Waals surface area contributed by atoms with E-state index in [0.29, 0.717) is 6.54 Å². The zero-order valence-corrected chi connectivity index (χ0v) is 10.1. The molecule has 94 valence electrons. The summed E-state index contributed by atoms with van der Waals surface area (Å²) in [6.45, 7) is 2.30. The minimum absolute atomic E-state index is 0.0652. The van der Waals surface area contributed by atoms with Crippen molar-refractivity contribution < 1.29 is 9.21 Å². The van der Waals surface area contributed by atoms with E-state index < -0.39 is 0 Å². The Kier molecular flexibility index (Phi) is 3.96. The minimum atomic E-state index is -0.226. The van der Waals surface area contributed by atoms with Crippen molar-refractivity contribution in [1.29, 1.82) is 0 Å². The quantitative estimate of drug-likeness (QED) is 0.868. The van der Waals surface area contributed by atoms with E-state index in [1.54, 1.807) is 24.7 Å². The van der Waals surface area contributed by atoms with Gasteiger partial charge in [0.2, 0.25) is 0 Å². The van der Waals surface area contributed by atoms with Gasteiger partial charge in [-0.3, -0.25) is 4.98 Å². The monoisotopic (exact) mass is 245 g/mol. The summed E-state index contributed by atoms with van der Waals surface area (Å²) in [4.78, 5) is 15.6. The van der Waals surface area contributed by atoms with Crippen LogP contribution in [0.2, 0.25) is 0 Å². The molecule has 0 aliphatic carbocycles. The SMILES string of the molecule is C[C@@H](NC(=O)NCc1ccco1)c1ccncc1. The van der Waals surface area contributed by atoms with Crippen LogP contribution in [0.3, 0.4) is 0 Å². The molecule has 0 spiro atoms. The van der Waals surface area contributed by atoms with Crippen LogP contribution in [-0.4, -0.2) is 11.0 Å². The number of rotatable bonds is 4. The van der Waals surface area contributed by atoms with Gasteiger partial charge in [0.15, 0.2) is 0 Å². The number of carbonyl (C=O) groups excluding carboxylic acids is 1. The number of hydrogen-bond donors (Lipinski definition) is 2. The van der Waals surface area contributed by atoms with Gasteiger partial charge in [0.1, 0.15) is 5.76 Å². The van der Waals surface area contributed by atoms with E-state index in [0.717, 1.165) is 11.3 Å². The predicted molar refractivity (Wildman–Crippen MR) is 66.7 cm³/mol. The molecule has 0 bridgehead atoms. The maximum absolute atomic E-state index is 11.6. The number of carbonyl (C=O) groups is 1. The molecular formula is C13H15N3O2. The number of nitrogens with one attached hydrogen (secondary N) is 2. The lowest BCUT2D eigenvalue weighted by Crippen LogP contribution is -2.36. The van der Waals surface area contributed by atoms with Gasteiger partial charge in [-0.05, 0) is 36.8 Å². The maximum Gasteiger partial charge on any atom is 0.315 e. The van der Waals surface area contributed by atoms with Crippen LogP contribution in [0, 0.1) is 0 Å². The predicted octanol–water partition coefficient (Wildman–Crippen LogP) is 2.24. The fourth-order valence-corrected chi connectivity index (χ4v) is 1.56. The van der Waals surface area contributed by atoms with Crippen LogP contribution in [0.15, 0.2) is 47.3 Å². The molecule has 18 heavy (non-hydrogen) atoms. The Balaban J connectivity index is 1.80. The fraction of sp³-hybridized carbons (Fsp3) is 0.231. The molecule has 0 unspecified atom stereocenters. The van der Waals surface area contributed by atoms with E-state index in [1.807, 2.05) is 25.1 Å². The van der Waals surface area contributed by atoms with Gasteiger partial charge < -0.3 is 15.1 Å². The molecule has 0 aromatic carbocycles. The van der Waals surface area contributed by atoms with Crippen molar-refractivity contribution >= 4 is 6.03 Å². The number of hydrogen-bond acceptors (Lipinski definition) is 3. The van der Waals surface area contributed by atoms with Crippen LogP contribution in [0.5, 0.6) is 0 Å². The highest BCUT2D eigenvalue weighted by Gasteiger charge is 2.08. The largest absolute Gasteiger partial charge is 0.467 e. The molecule has 0 fully saturated rings. The molecule has 2 heterocycles. The molecule has 2 N–H and O–H groups in total. The summed E-state index contributed by atoms with van der Waals surface area (Å²) in [5, 5.41) is 5.57. The van der Waals surface area contributed by atoms with E-state index in [-0.39, 0.29) is 12.1 Å². The van der Waals surface area contributed by atoms with Crippen molar-refractivity contribution in [3.05, 3.63) is 54.2 Å². The highest BCUT2D eigenvalue weighted by atomic mass is 16.3. The van der Waals surface area contributed by atoms with Gasteiger partial charge in [0.05, 0.1) is 18.8 Å². The van der Waals surface area contributed by atoms with Gasteiger partial charge in [0.25, 0.3) is 0 Å². The van der Waals surface area contributed by atoms with Crippen molar-refractivity contribution in [2.24, 2.45) is 0 Å². The standard InChI is InChI=1S/C13H15N3O2/c1-10(11-4-6-14-7-5-11)16-13(17)15-9-12-3-2-8-18-12/h2-8,10H,9H2,1H3,(H2,15,16,17)/t10-/m1/s1. The second-order valence-electron chi connectivity index (χ2n) is 3.91. The summed E-state index contributed by atoms with van der Waals surface area (Å²) in [5.41, 5.74) is 1.01. The van der Waals surface area contributed by atoms with Crippen molar-refractivity contribution in [3.63, 3.8) is 0 Å². The molecule has 2 amide bonds. The molecule has 0 radical (unpaired) electrons. The van der Waals surface area contributed by atoms with Crippen LogP contribution in [0.1, 0.15) is 24.3 Å². The van der Waals surface area contributed by atoms with Crippen LogP contribution in [-0.2, 0) is 6.54 Å². The van der Waals surface area contributed by atoms with Crippen molar-refractivity contribution in [1.82, 2.24) is 15.6 Å². The minimum Gasteiger partial charge on any atom is -0.467 e. The van der Waals surface area contributed by atoms with Gasteiger partial charge in [0, 0.05) is 12.4 Å². The molecule has 2 rings (SSSR count). The lowest BCUT2D eigenvalue weighted by atomic mass is 10.1. The average molecular weight is 245 g/mol. The Morgan fingerprint density at radius 3 is 2.83 bits per heavy atom. The Morgan fingerprint density at radius 2 is 2.17 bits per heavy atom. The molecule has 2 aromatic heterocycles. The van der Waals surface area contributed by atoms with Gasteiger partial charge >= 0.3 is 6.03 Å². The summed E-state index contributed by atoms with van der Waals surface area (Å²) in [6, 6.07) is 7.05. The number of nitrogens with zero attached hydrogens (tertiary/aromatic N) is 1. The smallest absolute Gasteiger partial charge is 0.315 e. The van der Waals surface area contributed by atoms with Crippen LogP contribution in [0.4, 0.5) is 4.79 Å². The van der Waals surface area contributed by atoms with Gasteiger partial charge in [-0.15, -0.1) is 0 Å². The summed E-state index contributed by atoms with van der Waals surface area (Å²) in [6.07, 6.45) is 4.98. The lowest BCUT2D eigenvalue weighted by molar-refractivity contribution is 0.236. The molecule has 0 aliphatic heterocycles. The second kappa shape index (κ2) is 5.86. The lowest BCUT2D eigenvalue weighted by Gasteiger charge is -2.14. The fourth-order valence-electron chi connectivity index (χ4n) is 1.56. The van der Waals surface area contributed by atoms with Gasteiger partial charge in [-0.1, -0.05) is 0 Å². The number of urea groups is 1. The average Bonchev–Trinajstić information content (AvgIpc) is 2.90. The molecule has 0 aliphatic rings. The zero-order valence-electron chi connectivity index (χ0n) is 10.1. The third-order valence-electron chi connectivity index (χ3n) is 2.56. The molecule has 5 heteroatoms. The van der Waals surface area contributed by atoms with Crippen LogP contribution < -0.4 is 10.6 Å². The number of aromatic nitrogens is 1. The van der Waals surface area contributed by atoms with E-state index in [9.17, 15) is 4.79 Å². The Hall–Kier alpha value is -2.30. The summed E-state index contributed by atoms with van der Waals surface area (Å²) >= 11 is 0. The summed E-state index contributed by atoms with van der Waals surface area (Å²) in [5.74, 6) is 0.724. The first-order valence-corrected chi connectivity index (χ1v) is 5.72. The normalized spacial score (nSPS) is 11.8. The Bertz CT molecular complexity index is 482. The zero-order chi connectivity index (χ0) is 12.8. The van der Waals surface area contributed by atoms with E-state index >= 15 is 0 Å². The number of pyridine rings is 1. The van der Waals surface area contributed by atoms with Crippen LogP contribution in [0.25, 0.3) is 0 Å². The molecule has 5 nitrogen and oxygen atoms in total. The van der Waals surface area contributed by atoms with E-state index in [4.69, 9.17) is 4.42 Å². The van der Waals surface area contributed by atoms with Crippen molar-refractivity contribution in [2.75, 3.05) is 0 Å². The topological polar surface area (TPSA) is 67.2 Å². The highest BCUT2D eigenvalue weighted by Crippen LogP contribution is 2.09. The van der Waals surface area contributed by atoms with Crippen molar-refractivity contribution in [3.8, 4) is 0 Å². The number of furan rings is 1. The first-order chi connectivity index (χ1) is 8.75. The first kappa shape index (κ1) is 12.2. The van der Waals surface area contributed by atoms with Crippen molar-refractivity contribution in [2.45, 2.75) is 19.5 Å². The Labute approximate surface area is 105 Å². The molecule has 2 aromatic rings. The molecular weight excluding hydrogens is 230 g/mol. The number of amides is 2. The molecule has 0 saturated heterocycles. The third kappa shape index (κ3) is 3.35. The summed E-state index contributed by atoms with van der Waals surface area (Å²) in [7, 11) is 0. The van der Waals surface area contributed by atoms with E-state index in [2.05, 4.69) is 15.6 Å². The first-order valence-electron chi connectivity index (χ1n) is 5.72. The van der Waals surface area contributed by atoms with Gasteiger partial charge in [-0.2, -0.15) is 0 Å². The second-order valence-corrected chi connectivity index (χ2v) is 3.91. The molecule has 0 saturated carbocycles. The van der Waals surface area contributed by atoms with Crippen LogP contribution >= 0.6 is 0 Å². The third-order valence-corrected chi connectivity index (χ3v) is 2.56.